The minimum atomic E-state index is -5.94. The van der Waals surface area contributed by atoms with E-state index in [1.54, 1.807) is 0 Å². The number of unbranched alkanes of at least 4 members (excludes halogenated alkanes) is 5. The van der Waals surface area contributed by atoms with Gasteiger partial charge in [0.25, 0.3) is 0 Å². The minimum Gasteiger partial charge on any atom is -0.579 e. The number of halogens is 15. The zero-order chi connectivity index (χ0) is 32.5. The molecular formula is C26H17BF15KO. The molecule has 0 aliphatic carbocycles. The summed E-state index contributed by atoms with van der Waals surface area (Å²) in [5, 5.41) is 0. The van der Waals surface area contributed by atoms with E-state index in [0.717, 1.165) is 6.42 Å². The zero-order valence-corrected chi connectivity index (χ0v) is 25.7. The van der Waals surface area contributed by atoms with E-state index in [9.17, 15) is 39.5 Å². The van der Waals surface area contributed by atoms with E-state index >= 15 is 26.3 Å². The van der Waals surface area contributed by atoms with Gasteiger partial charge in [0.05, 0.1) is 0 Å². The third kappa shape index (κ3) is 6.43. The van der Waals surface area contributed by atoms with Crippen molar-refractivity contribution < 1.29 is 122 Å². The molecule has 236 valence electrons. The Hall–Kier alpha value is -1.73. The Morgan fingerprint density at radius 1 is 0.364 bits per heavy atom. The fourth-order valence-corrected chi connectivity index (χ4v) is 4.76. The van der Waals surface area contributed by atoms with E-state index in [2.05, 4.69) is 0 Å². The second-order valence-corrected chi connectivity index (χ2v) is 9.38. The van der Waals surface area contributed by atoms with Crippen molar-refractivity contribution in [2.75, 3.05) is 6.61 Å². The van der Waals surface area contributed by atoms with Gasteiger partial charge in [0.15, 0.2) is 52.4 Å². The van der Waals surface area contributed by atoms with E-state index in [4.69, 9.17) is 4.65 Å². The van der Waals surface area contributed by atoms with Gasteiger partial charge in [0.2, 0.25) is 6.35 Å². The molecule has 18 heteroatoms. The summed E-state index contributed by atoms with van der Waals surface area (Å²) in [6, 6.07) is 0. The van der Waals surface area contributed by atoms with Gasteiger partial charge < -0.3 is 4.65 Å². The van der Waals surface area contributed by atoms with Gasteiger partial charge in [0.1, 0.15) is 34.9 Å². The van der Waals surface area contributed by atoms with Gasteiger partial charge >= 0.3 is 51.4 Å². The summed E-state index contributed by atoms with van der Waals surface area (Å²) >= 11 is 0. The molecule has 0 bridgehead atoms. The van der Waals surface area contributed by atoms with Crippen LogP contribution < -0.4 is 67.8 Å². The van der Waals surface area contributed by atoms with Crippen molar-refractivity contribution in [3.63, 3.8) is 0 Å². The smallest absolute Gasteiger partial charge is 0.579 e. The van der Waals surface area contributed by atoms with Gasteiger partial charge in [-0.2, -0.15) is 0 Å². The zero-order valence-electron chi connectivity index (χ0n) is 22.6. The Labute approximate surface area is 282 Å². The van der Waals surface area contributed by atoms with Gasteiger partial charge in [-0.3, -0.25) is 0 Å². The number of hydrogen-bond acceptors (Lipinski definition) is 1. The molecule has 1 nitrogen and oxygen atoms in total. The maximum atomic E-state index is 15.3. The molecule has 0 aliphatic rings. The van der Waals surface area contributed by atoms with Crippen molar-refractivity contribution in [3.8, 4) is 0 Å². The summed E-state index contributed by atoms with van der Waals surface area (Å²) in [5.74, 6) is -45.9. The first-order chi connectivity index (χ1) is 20.1. The van der Waals surface area contributed by atoms with Crippen LogP contribution in [-0.4, -0.2) is 13.0 Å². The molecule has 0 unspecified atom stereocenters. The average Bonchev–Trinajstić information content (AvgIpc) is 2.98. The predicted molar refractivity (Wildman–Crippen MR) is 123 cm³/mol. The van der Waals surface area contributed by atoms with E-state index in [1.165, 1.54) is 0 Å². The molecule has 0 saturated carbocycles. The molecule has 44 heavy (non-hydrogen) atoms. The molecular weight excluding hydrogens is 663 g/mol. The fourth-order valence-electron chi connectivity index (χ4n) is 4.76. The monoisotopic (exact) mass is 680 g/mol. The first-order valence-corrected chi connectivity index (χ1v) is 12.4. The van der Waals surface area contributed by atoms with Crippen molar-refractivity contribution in [2.45, 2.75) is 45.4 Å². The van der Waals surface area contributed by atoms with Crippen LogP contribution in [0.25, 0.3) is 0 Å². The summed E-state index contributed by atoms with van der Waals surface area (Å²) in [5.41, 5.74) is -8.31. The van der Waals surface area contributed by atoms with Crippen LogP contribution in [-0.2, 0) is 4.65 Å². The van der Waals surface area contributed by atoms with Crippen LogP contribution >= 0.6 is 0 Å². The van der Waals surface area contributed by atoms with Crippen LogP contribution in [0.2, 0.25) is 0 Å². The molecule has 0 saturated heterocycles. The molecule has 0 spiro atoms. The van der Waals surface area contributed by atoms with Gasteiger partial charge in [-0.15, -0.1) is 0 Å². The summed E-state index contributed by atoms with van der Waals surface area (Å²) in [4.78, 5) is 0. The van der Waals surface area contributed by atoms with Crippen LogP contribution in [0.15, 0.2) is 0 Å². The molecule has 0 fully saturated rings. The standard InChI is InChI=1S/C26H17BF15O.K/c1-2-3-4-5-6-7-8-43-27(9-12(28)18(34)24(40)19(35)13(9)29,10-14(30)20(36)25(41)21(37)15(10)31)11-16(32)22(38)26(42)23(39)17(11)33;/h2-8H2,1H3;/q-1;+1. The normalized spacial score (nSPS) is 11.7. The quantitative estimate of drug-likeness (QED) is 0.0975. The molecule has 0 amide bonds. The Bertz CT molecular complexity index is 1310. The topological polar surface area (TPSA) is 9.23 Å². The van der Waals surface area contributed by atoms with Crippen molar-refractivity contribution >= 4 is 22.7 Å². The molecule has 0 atom stereocenters. The van der Waals surface area contributed by atoms with Crippen molar-refractivity contribution in [2.24, 2.45) is 0 Å². The molecule has 0 aliphatic heterocycles. The van der Waals surface area contributed by atoms with Crippen LogP contribution in [0.3, 0.4) is 0 Å². The Morgan fingerprint density at radius 2 is 0.591 bits per heavy atom. The van der Waals surface area contributed by atoms with Crippen LogP contribution in [0.4, 0.5) is 65.9 Å². The van der Waals surface area contributed by atoms with Gasteiger partial charge in [-0.25, -0.2) is 65.9 Å². The summed E-state index contributed by atoms with van der Waals surface area (Å²) in [6.45, 7) is 0.572. The molecule has 3 aromatic rings. The fraction of sp³-hybridized carbons (Fsp3) is 0.308. The van der Waals surface area contributed by atoms with Gasteiger partial charge in [0, 0.05) is 6.61 Å². The number of benzene rings is 3. The number of hydrogen-bond donors (Lipinski definition) is 0. The summed E-state index contributed by atoms with van der Waals surface area (Å²) < 4.78 is 225. The van der Waals surface area contributed by atoms with Crippen LogP contribution in [0.5, 0.6) is 0 Å². The van der Waals surface area contributed by atoms with Crippen molar-refractivity contribution in [1.82, 2.24) is 0 Å². The summed E-state index contributed by atoms with van der Waals surface area (Å²) in [7, 11) is 0. The number of rotatable bonds is 11. The van der Waals surface area contributed by atoms with Crippen molar-refractivity contribution in [3.05, 3.63) is 87.3 Å². The largest absolute Gasteiger partial charge is 1.00 e. The van der Waals surface area contributed by atoms with Crippen LogP contribution in [0.1, 0.15) is 45.4 Å². The predicted octanol–water partition coefficient (Wildman–Crippen LogP) is 4.12. The Morgan fingerprint density at radius 3 is 0.864 bits per heavy atom. The van der Waals surface area contributed by atoms with E-state index in [0.29, 0.717) is 19.3 Å². The SMILES string of the molecule is CCCCCCCCO[B-](c1c(F)c(F)c(F)c(F)c1F)(c1c(F)c(F)c(F)c(F)c1F)c1c(F)c(F)c(F)c(F)c1F.[K+]. The molecule has 0 N–H and O–H groups in total. The van der Waals surface area contributed by atoms with E-state index in [-0.39, 0.29) is 57.8 Å². The average molecular weight is 680 g/mol. The molecule has 0 aromatic heterocycles. The van der Waals surface area contributed by atoms with E-state index < -0.39 is 123 Å². The Kier molecular flexibility index (Phi) is 13.3. The molecule has 0 radical (unpaired) electrons. The van der Waals surface area contributed by atoms with E-state index in [1.807, 2.05) is 6.92 Å². The maximum absolute atomic E-state index is 15.3. The molecule has 3 aromatic carbocycles. The molecule has 3 rings (SSSR count). The van der Waals surface area contributed by atoms with Crippen molar-refractivity contribution in [1.29, 1.82) is 0 Å². The maximum Gasteiger partial charge on any atom is 1.00 e. The van der Waals surface area contributed by atoms with Gasteiger partial charge in [-0.1, -0.05) is 55.4 Å². The van der Waals surface area contributed by atoms with Crippen LogP contribution in [0, 0.1) is 87.3 Å². The first-order valence-electron chi connectivity index (χ1n) is 12.4. The second kappa shape index (κ2) is 15.2. The van der Waals surface area contributed by atoms with Gasteiger partial charge in [-0.05, 0) is 6.42 Å². The second-order valence-electron chi connectivity index (χ2n) is 9.38. The third-order valence-corrected chi connectivity index (χ3v) is 6.82. The first kappa shape index (κ1) is 38.5. The Balaban J connectivity index is 0.00000675. The third-order valence-electron chi connectivity index (χ3n) is 6.82. The summed E-state index contributed by atoms with van der Waals surface area (Å²) in [6.07, 6.45) is -4.05. The minimum absolute atomic E-state index is 0. The molecule has 0 heterocycles.